The highest BCUT2D eigenvalue weighted by atomic mass is 35.5. The number of hydrogen-bond donors (Lipinski definition) is 0. The number of halogens is 2. The molecule has 26 heavy (non-hydrogen) atoms. The molecule has 1 aromatic rings. The van der Waals surface area contributed by atoms with Gasteiger partial charge in [0.25, 0.3) is 0 Å². The molecule has 0 aliphatic heterocycles. The predicted molar refractivity (Wildman–Crippen MR) is 118 cm³/mol. The van der Waals surface area contributed by atoms with Gasteiger partial charge in [-0.3, -0.25) is 0 Å². The smallest absolute Gasteiger partial charge is 0.0461 e. The van der Waals surface area contributed by atoms with Gasteiger partial charge in [0.15, 0.2) is 0 Å². The van der Waals surface area contributed by atoms with Gasteiger partial charge in [0, 0.05) is 27.6 Å². The van der Waals surface area contributed by atoms with Crippen LogP contribution in [0.5, 0.6) is 0 Å². The van der Waals surface area contributed by atoms with Gasteiger partial charge in [0.2, 0.25) is 0 Å². The zero-order chi connectivity index (χ0) is 19.1. The molecule has 0 spiro atoms. The molecular weight excluding hydrogens is 381 g/mol. The van der Waals surface area contributed by atoms with Crippen LogP contribution in [0.1, 0.15) is 33.3 Å². The van der Waals surface area contributed by atoms with Crippen LogP contribution in [0.4, 0.5) is 0 Å². The first-order valence-corrected chi connectivity index (χ1v) is 11.1. The molecule has 1 nitrogen and oxygen atoms in total. The predicted octanol–water partition coefficient (Wildman–Crippen LogP) is 6.88. The number of hydrogen-bond acceptors (Lipinski definition) is 2. The van der Waals surface area contributed by atoms with Crippen LogP contribution in [0, 0.1) is 16.4 Å². The summed E-state index contributed by atoms with van der Waals surface area (Å²) in [6.07, 6.45) is 0. The Labute approximate surface area is 172 Å². The van der Waals surface area contributed by atoms with Crippen molar-refractivity contribution < 1.29 is 0 Å². The van der Waals surface area contributed by atoms with Gasteiger partial charge in [-0.15, -0.1) is 0 Å². The molecule has 0 bridgehead atoms. The fourth-order valence-electron chi connectivity index (χ4n) is 2.72. The zero-order valence-corrected chi connectivity index (χ0v) is 18.5. The molecule has 2 aliphatic rings. The van der Waals surface area contributed by atoms with E-state index in [1.165, 1.54) is 16.0 Å². The molecule has 0 N–H and O–H groups in total. The number of benzene rings is 2. The summed E-state index contributed by atoms with van der Waals surface area (Å²) in [4.78, 5) is 2.48. The highest BCUT2D eigenvalue weighted by Gasteiger charge is 2.16. The van der Waals surface area contributed by atoms with Crippen LogP contribution in [-0.2, 0) is 5.75 Å². The van der Waals surface area contributed by atoms with Crippen LogP contribution >= 0.6 is 35.0 Å². The molecule has 0 aromatic heterocycles. The lowest BCUT2D eigenvalue weighted by molar-refractivity contribution is 0.260. The third-order valence-corrected chi connectivity index (χ3v) is 7.03. The summed E-state index contributed by atoms with van der Waals surface area (Å²) in [5.74, 6) is 1.62. The second-order valence-corrected chi connectivity index (χ2v) is 9.00. The van der Waals surface area contributed by atoms with Crippen LogP contribution in [-0.4, -0.2) is 29.8 Å². The van der Waals surface area contributed by atoms with Crippen molar-refractivity contribution >= 4 is 35.0 Å². The van der Waals surface area contributed by atoms with E-state index in [1.807, 2.05) is 30.0 Å². The minimum atomic E-state index is 0.613. The standard InChI is InChI=1S/C16H25Cl2NS.C6H4/c1-5-19(6-2)10-12(3)13(4)20-11-14-7-8-15(17)9-16(14)18;1-2-6-4-3-5(1)6/h7-9,12-13H,5-6,10-11H2,1-4H3;1-4H. The molecule has 2 atom stereocenters. The molecule has 3 rings (SSSR count). The van der Waals surface area contributed by atoms with Crippen molar-refractivity contribution in [2.45, 2.75) is 38.7 Å². The van der Waals surface area contributed by atoms with Crippen molar-refractivity contribution in [3.8, 4) is 0 Å². The lowest BCUT2D eigenvalue weighted by atomic mass is 10.1. The van der Waals surface area contributed by atoms with Crippen molar-refractivity contribution in [2.75, 3.05) is 19.6 Å². The van der Waals surface area contributed by atoms with Crippen LogP contribution < -0.4 is 0 Å². The van der Waals surface area contributed by atoms with Gasteiger partial charge in [-0.2, -0.15) is 11.8 Å². The van der Waals surface area contributed by atoms with Gasteiger partial charge in [-0.1, -0.05) is 81.2 Å². The number of thioether (sulfide) groups is 1. The van der Waals surface area contributed by atoms with Gasteiger partial charge in [0.05, 0.1) is 0 Å². The molecule has 0 heterocycles. The average Bonchev–Trinajstić information content (AvgIpc) is 2.61. The summed E-state index contributed by atoms with van der Waals surface area (Å²) >= 11 is 14.1. The van der Waals surface area contributed by atoms with E-state index in [1.54, 1.807) is 0 Å². The molecule has 0 radical (unpaired) electrons. The molecule has 0 saturated heterocycles. The maximum atomic E-state index is 6.22. The molecule has 0 amide bonds. The first kappa shape index (κ1) is 21.6. The van der Waals surface area contributed by atoms with E-state index in [4.69, 9.17) is 23.2 Å². The van der Waals surface area contributed by atoms with Crippen molar-refractivity contribution in [2.24, 2.45) is 5.92 Å². The monoisotopic (exact) mass is 409 g/mol. The van der Waals surface area contributed by atoms with Gasteiger partial charge < -0.3 is 4.90 Å². The van der Waals surface area contributed by atoms with Gasteiger partial charge in [-0.05, 0) is 47.1 Å². The summed E-state index contributed by atoms with van der Waals surface area (Å²) in [6.45, 7) is 12.5. The fourth-order valence-corrected chi connectivity index (χ4v) is 4.39. The van der Waals surface area contributed by atoms with Crippen molar-refractivity contribution in [1.82, 2.24) is 4.90 Å². The average molecular weight is 410 g/mol. The Morgan fingerprint density at radius 1 is 0.923 bits per heavy atom. The Balaban J connectivity index is 0.000000331. The third kappa shape index (κ3) is 6.20. The zero-order valence-electron chi connectivity index (χ0n) is 16.1. The summed E-state index contributed by atoms with van der Waals surface area (Å²) < 4.78 is 0. The van der Waals surface area contributed by atoms with Crippen LogP contribution in [0.15, 0.2) is 42.5 Å². The highest BCUT2D eigenvalue weighted by Crippen LogP contribution is 2.29. The number of nitrogens with zero attached hydrogens (tertiary/aromatic N) is 1. The molecule has 0 saturated carbocycles. The second-order valence-electron chi connectivity index (χ2n) is 6.79. The summed E-state index contributed by atoms with van der Waals surface area (Å²) in [5, 5.41) is 4.94. The summed E-state index contributed by atoms with van der Waals surface area (Å²) in [6, 6.07) is 14.2. The highest BCUT2D eigenvalue weighted by molar-refractivity contribution is 7.99. The molecule has 142 valence electrons. The Hall–Kier alpha value is -0.670. The van der Waals surface area contributed by atoms with Gasteiger partial charge >= 0.3 is 0 Å². The van der Waals surface area contributed by atoms with Crippen LogP contribution in [0.3, 0.4) is 0 Å². The Morgan fingerprint density at radius 3 is 1.92 bits per heavy atom. The lowest BCUT2D eigenvalue weighted by Crippen LogP contribution is -2.31. The minimum Gasteiger partial charge on any atom is -0.304 e. The van der Waals surface area contributed by atoms with E-state index in [9.17, 15) is 0 Å². The first-order valence-electron chi connectivity index (χ1n) is 9.32. The Morgan fingerprint density at radius 2 is 1.50 bits per heavy atom. The van der Waals surface area contributed by atoms with E-state index >= 15 is 0 Å². The van der Waals surface area contributed by atoms with Crippen LogP contribution in [0.2, 0.25) is 10.0 Å². The minimum absolute atomic E-state index is 0.613. The molecular formula is C22H29Cl2NS. The van der Waals surface area contributed by atoms with Crippen molar-refractivity contribution in [1.29, 1.82) is 0 Å². The third-order valence-electron chi connectivity index (χ3n) is 4.98. The quantitative estimate of drug-likeness (QED) is 0.398. The Bertz CT molecular complexity index is 739. The van der Waals surface area contributed by atoms with Crippen LogP contribution in [0.25, 0.3) is 0 Å². The van der Waals surface area contributed by atoms with Crippen molar-refractivity contribution in [3.63, 3.8) is 0 Å². The van der Waals surface area contributed by atoms with Gasteiger partial charge in [0.1, 0.15) is 0 Å². The maximum absolute atomic E-state index is 6.22. The van der Waals surface area contributed by atoms with E-state index in [2.05, 4.69) is 56.9 Å². The van der Waals surface area contributed by atoms with E-state index in [0.29, 0.717) is 16.2 Å². The summed E-state index contributed by atoms with van der Waals surface area (Å²) in [7, 11) is 0. The second kappa shape index (κ2) is 10.6. The number of rotatable bonds is 8. The SMILES string of the molecule is CCN(CC)CC(C)C(C)SCc1ccc(Cl)cc1Cl.c1cc2ccc1=2. The fraction of sp³-hybridized carbons (Fsp3) is 0.455. The largest absolute Gasteiger partial charge is 0.304 e. The molecule has 4 heteroatoms. The molecule has 0 fully saturated rings. The van der Waals surface area contributed by atoms with E-state index < -0.39 is 0 Å². The maximum Gasteiger partial charge on any atom is 0.0461 e. The van der Waals surface area contributed by atoms with E-state index in [0.717, 1.165) is 30.4 Å². The van der Waals surface area contributed by atoms with Gasteiger partial charge in [-0.25, -0.2) is 0 Å². The molecule has 2 aliphatic carbocycles. The summed E-state index contributed by atoms with van der Waals surface area (Å²) in [5.41, 5.74) is 1.17. The first-order chi connectivity index (χ1) is 12.4. The lowest BCUT2D eigenvalue weighted by Gasteiger charge is -2.26. The Kier molecular flexibility index (Phi) is 8.83. The topological polar surface area (TPSA) is 3.24 Å². The normalized spacial score (nSPS) is 13.8. The molecule has 2 unspecified atom stereocenters. The molecule has 1 aromatic carbocycles. The van der Waals surface area contributed by atoms with E-state index in [-0.39, 0.29) is 0 Å². The van der Waals surface area contributed by atoms with Crippen molar-refractivity contribution in [3.05, 3.63) is 68.5 Å².